The first kappa shape index (κ1) is 28.6. The lowest BCUT2D eigenvalue weighted by Crippen LogP contribution is -2.44. The van der Waals surface area contributed by atoms with Gasteiger partial charge < -0.3 is 9.47 Å². The molecule has 10 heteroatoms. The van der Waals surface area contributed by atoms with E-state index in [4.69, 9.17) is 21.1 Å². The Morgan fingerprint density at radius 2 is 1.76 bits per heavy atom. The van der Waals surface area contributed by atoms with E-state index in [-0.39, 0.29) is 66.9 Å². The number of hydrogen-bond donors (Lipinski definition) is 0. The van der Waals surface area contributed by atoms with E-state index >= 15 is 4.39 Å². The van der Waals surface area contributed by atoms with E-state index in [0.717, 1.165) is 25.0 Å². The molecule has 1 heterocycles. The fourth-order valence-electron chi connectivity index (χ4n) is 4.57. The van der Waals surface area contributed by atoms with E-state index in [0.29, 0.717) is 5.56 Å². The van der Waals surface area contributed by atoms with Crippen LogP contribution in [0.2, 0.25) is 5.02 Å². The normalized spacial score (nSPS) is 18.3. The molecule has 38 heavy (non-hydrogen) atoms. The van der Waals surface area contributed by atoms with E-state index in [1.807, 2.05) is 0 Å². The summed E-state index contributed by atoms with van der Waals surface area (Å²) in [4.78, 5) is 14.2. The number of nitrogens with zero attached hydrogens (tertiary/aromatic N) is 1. The summed E-state index contributed by atoms with van der Waals surface area (Å²) in [6, 6.07) is 6.00. The second-order valence-corrected chi connectivity index (χ2v) is 11.6. The molecular weight excluding hydrogens is 529 g/mol. The minimum Gasteiger partial charge on any atom is -0.490 e. The van der Waals surface area contributed by atoms with Gasteiger partial charge in [-0.2, -0.15) is 13.2 Å². The largest absolute Gasteiger partial charge is 0.490 e. The summed E-state index contributed by atoms with van der Waals surface area (Å²) in [5.41, 5.74) is -2.76. The second kappa shape index (κ2) is 10.6. The van der Waals surface area contributed by atoms with Crippen LogP contribution < -0.4 is 4.74 Å². The van der Waals surface area contributed by atoms with Gasteiger partial charge in [0.15, 0.2) is 0 Å². The van der Waals surface area contributed by atoms with Gasteiger partial charge in [0.1, 0.15) is 29.4 Å². The van der Waals surface area contributed by atoms with Gasteiger partial charge >= 0.3 is 12.1 Å². The first-order valence-corrected chi connectivity index (χ1v) is 13.0. The van der Waals surface area contributed by atoms with Crippen LogP contribution in [0.1, 0.15) is 79.4 Å². The van der Waals surface area contributed by atoms with Crippen molar-refractivity contribution >= 4 is 17.6 Å². The number of ether oxygens (including phenoxy) is 2. The molecule has 1 saturated carbocycles. The zero-order valence-electron chi connectivity index (χ0n) is 21.6. The molecule has 4 rings (SSSR count). The first-order valence-electron chi connectivity index (χ1n) is 12.6. The van der Waals surface area contributed by atoms with Crippen molar-refractivity contribution in [3.05, 3.63) is 63.4 Å². The molecule has 208 valence electrons. The fourth-order valence-corrected chi connectivity index (χ4v) is 4.77. The lowest BCUT2D eigenvalue weighted by Gasteiger charge is -2.36. The van der Waals surface area contributed by atoms with Crippen LogP contribution >= 0.6 is 11.6 Å². The molecule has 2 aliphatic rings. The molecule has 1 aliphatic heterocycles. The van der Waals surface area contributed by atoms with E-state index < -0.39 is 34.8 Å². The van der Waals surface area contributed by atoms with Gasteiger partial charge in [-0.1, -0.05) is 11.6 Å². The summed E-state index contributed by atoms with van der Waals surface area (Å²) >= 11 is 5.92. The number of benzene rings is 2. The fraction of sp³-hybridized carbons (Fsp3) is 0.536. The topological polar surface area (TPSA) is 38.8 Å². The number of esters is 1. The highest BCUT2D eigenvalue weighted by molar-refractivity contribution is 6.30. The number of alkyl halides is 4. The Bertz CT molecular complexity index is 1180. The maximum atomic E-state index is 15.6. The molecule has 2 fully saturated rings. The maximum absolute atomic E-state index is 15.6. The number of halogens is 6. The SMILES string of the molecule is CC(C)(C)OC(=O)c1cc(C2CC2)c(OCC2(F)CCN(Cc3cc(Cl)ccc3C(F)(F)F)CC2)cc1F. The van der Waals surface area contributed by atoms with Crippen molar-refractivity contribution in [2.75, 3.05) is 19.7 Å². The van der Waals surface area contributed by atoms with E-state index in [2.05, 4.69) is 0 Å². The third kappa shape index (κ3) is 7.17. The lowest BCUT2D eigenvalue weighted by atomic mass is 9.93. The van der Waals surface area contributed by atoms with Crippen molar-refractivity contribution < 1.29 is 36.2 Å². The molecule has 0 aromatic heterocycles. The van der Waals surface area contributed by atoms with Gasteiger partial charge in [0.2, 0.25) is 0 Å². The Balaban J connectivity index is 1.41. The monoisotopic (exact) mass is 559 g/mol. The number of hydrogen-bond acceptors (Lipinski definition) is 4. The third-order valence-corrected chi connectivity index (χ3v) is 6.98. The summed E-state index contributed by atoms with van der Waals surface area (Å²) in [7, 11) is 0. The quantitative estimate of drug-likeness (QED) is 0.257. The Morgan fingerprint density at radius 3 is 2.34 bits per heavy atom. The van der Waals surface area contributed by atoms with Crippen LogP contribution in [0.15, 0.2) is 30.3 Å². The predicted molar refractivity (Wildman–Crippen MR) is 134 cm³/mol. The molecule has 0 N–H and O–H groups in total. The summed E-state index contributed by atoms with van der Waals surface area (Å²) in [5.74, 6) is -1.27. The van der Waals surface area contributed by atoms with Crippen molar-refractivity contribution in [1.82, 2.24) is 4.90 Å². The van der Waals surface area contributed by atoms with E-state index in [9.17, 15) is 22.4 Å². The second-order valence-electron chi connectivity index (χ2n) is 11.2. The maximum Gasteiger partial charge on any atom is 0.416 e. The van der Waals surface area contributed by atoms with Crippen LogP contribution in [-0.4, -0.2) is 41.8 Å². The van der Waals surface area contributed by atoms with E-state index in [1.165, 1.54) is 18.2 Å². The van der Waals surface area contributed by atoms with Crippen LogP contribution in [0.3, 0.4) is 0 Å². The van der Waals surface area contributed by atoms with Gasteiger partial charge in [-0.3, -0.25) is 4.90 Å². The molecule has 0 radical (unpaired) electrons. The molecule has 0 bridgehead atoms. The zero-order chi connectivity index (χ0) is 27.9. The van der Waals surface area contributed by atoms with Gasteiger partial charge in [0.05, 0.1) is 11.1 Å². The zero-order valence-corrected chi connectivity index (χ0v) is 22.3. The summed E-state index contributed by atoms with van der Waals surface area (Å²) < 4.78 is 81.7. The Kier molecular flexibility index (Phi) is 8.01. The van der Waals surface area contributed by atoms with Crippen molar-refractivity contribution in [2.24, 2.45) is 0 Å². The Morgan fingerprint density at radius 1 is 1.11 bits per heavy atom. The first-order chi connectivity index (χ1) is 17.6. The number of rotatable bonds is 7. The van der Waals surface area contributed by atoms with Gasteiger partial charge in [0.25, 0.3) is 0 Å². The van der Waals surface area contributed by atoms with Crippen LogP contribution in [0.4, 0.5) is 22.0 Å². The van der Waals surface area contributed by atoms with Crippen LogP contribution in [0.25, 0.3) is 0 Å². The van der Waals surface area contributed by atoms with Crippen LogP contribution in [0, 0.1) is 5.82 Å². The predicted octanol–water partition coefficient (Wildman–Crippen LogP) is 7.71. The average Bonchev–Trinajstić information content (AvgIpc) is 3.63. The highest BCUT2D eigenvalue weighted by Crippen LogP contribution is 2.46. The van der Waals surface area contributed by atoms with Crippen molar-refractivity contribution in [3.8, 4) is 5.75 Å². The van der Waals surface area contributed by atoms with Crippen molar-refractivity contribution in [3.63, 3.8) is 0 Å². The van der Waals surface area contributed by atoms with Gasteiger partial charge in [-0.05, 0) is 87.8 Å². The Hall–Kier alpha value is -2.39. The molecule has 2 aromatic rings. The summed E-state index contributed by atoms with van der Waals surface area (Å²) in [6.07, 6.45) is -2.71. The molecule has 0 atom stereocenters. The molecule has 1 saturated heterocycles. The number of likely N-dealkylation sites (tertiary alicyclic amines) is 1. The van der Waals surface area contributed by atoms with Gasteiger partial charge in [0, 0.05) is 30.7 Å². The third-order valence-electron chi connectivity index (χ3n) is 6.74. The molecule has 2 aromatic carbocycles. The lowest BCUT2D eigenvalue weighted by molar-refractivity contribution is -0.138. The minimum absolute atomic E-state index is 0.00446. The summed E-state index contributed by atoms with van der Waals surface area (Å²) in [6.45, 7) is 5.21. The minimum atomic E-state index is -4.51. The average molecular weight is 560 g/mol. The number of carbonyl (C=O) groups excluding carboxylic acids is 1. The number of carbonyl (C=O) groups is 1. The molecular formula is C28H31ClF5NO3. The standard InChI is InChI=1S/C28H31ClF5NO3/c1-26(2,3)38-25(36)21-13-20(17-4-5-17)24(14-23(21)30)37-16-27(31)8-10-35(11-9-27)15-18-12-19(29)6-7-22(18)28(32,33)34/h6-7,12-14,17H,4-5,8-11,15-16H2,1-3H3. The highest BCUT2D eigenvalue weighted by Gasteiger charge is 2.38. The molecule has 4 nitrogen and oxygen atoms in total. The molecule has 0 unspecified atom stereocenters. The van der Waals surface area contributed by atoms with Gasteiger partial charge in [-0.15, -0.1) is 0 Å². The molecule has 0 amide bonds. The summed E-state index contributed by atoms with van der Waals surface area (Å²) in [5, 5.41) is 0.203. The van der Waals surface area contributed by atoms with Crippen molar-refractivity contribution in [2.45, 2.75) is 76.4 Å². The van der Waals surface area contributed by atoms with Crippen LogP contribution in [-0.2, 0) is 17.5 Å². The smallest absolute Gasteiger partial charge is 0.416 e. The molecule has 1 aliphatic carbocycles. The molecule has 0 spiro atoms. The van der Waals surface area contributed by atoms with Gasteiger partial charge in [-0.25, -0.2) is 13.6 Å². The Labute approximate surface area is 224 Å². The van der Waals surface area contributed by atoms with Crippen molar-refractivity contribution in [1.29, 1.82) is 0 Å². The highest BCUT2D eigenvalue weighted by atomic mass is 35.5. The van der Waals surface area contributed by atoms with E-state index in [1.54, 1.807) is 25.7 Å². The van der Waals surface area contributed by atoms with Crippen LogP contribution in [0.5, 0.6) is 5.75 Å². The number of piperidine rings is 1.